The molecule has 1 heterocycles. The van der Waals surface area contributed by atoms with Crippen LogP contribution in [0.3, 0.4) is 0 Å². The summed E-state index contributed by atoms with van der Waals surface area (Å²) in [5.41, 5.74) is 0. The number of rotatable bonds is 4. The predicted octanol–water partition coefficient (Wildman–Crippen LogP) is 1.38. The Hall–Kier alpha value is -0.560. The number of hydrogen-bond donors (Lipinski definition) is 2. The number of carbonyl (C=O) groups is 2. The molecule has 0 aliphatic carbocycles. The summed E-state index contributed by atoms with van der Waals surface area (Å²) in [4.78, 5) is 21.2. The van der Waals surface area contributed by atoms with Gasteiger partial charge in [0.1, 0.15) is 13.2 Å². The van der Waals surface area contributed by atoms with Gasteiger partial charge in [-0.1, -0.05) is 0 Å². The number of ether oxygens (including phenoxy) is 1. The third-order valence-electron chi connectivity index (χ3n) is 1.85. The summed E-state index contributed by atoms with van der Waals surface area (Å²) in [5.74, 6) is -0.131. The van der Waals surface area contributed by atoms with Gasteiger partial charge >= 0.3 is 12.1 Å². The minimum absolute atomic E-state index is 0.172. The van der Waals surface area contributed by atoms with E-state index in [4.69, 9.17) is 9.84 Å². The van der Waals surface area contributed by atoms with Crippen molar-refractivity contribution in [3.63, 3.8) is 0 Å². The minimum Gasteiger partial charge on any atom is -0.480 e. The fourth-order valence-electron chi connectivity index (χ4n) is 1.21. The maximum atomic E-state index is 11.1. The van der Waals surface area contributed by atoms with E-state index in [-0.39, 0.29) is 9.33 Å². The van der Waals surface area contributed by atoms with Gasteiger partial charge in [0, 0.05) is 11.0 Å². The van der Waals surface area contributed by atoms with Gasteiger partial charge in [0.15, 0.2) is 0 Å². The van der Waals surface area contributed by atoms with Crippen LogP contribution < -0.4 is 5.32 Å². The van der Waals surface area contributed by atoms with E-state index < -0.39 is 18.6 Å². The molecule has 7 heteroatoms. The molecule has 0 aromatic heterocycles. The lowest BCUT2D eigenvalue weighted by molar-refractivity contribution is -0.135. The molecule has 2 N–H and O–H groups in total. The quantitative estimate of drug-likeness (QED) is 0.800. The standard InChI is InChI=1S/C9H15NO4S2/c1-9(2)15-5-6(16-9)4-14-8(13)10-3-7(11)12/h6H,3-5H2,1-2H3,(H,10,13)(H,11,12)/t6-/m0/s1. The molecule has 1 atom stereocenters. The zero-order valence-electron chi connectivity index (χ0n) is 9.19. The number of hydrogen-bond acceptors (Lipinski definition) is 5. The fraction of sp³-hybridized carbons (Fsp3) is 0.778. The first-order chi connectivity index (χ1) is 7.39. The second kappa shape index (κ2) is 5.67. The molecule has 92 valence electrons. The smallest absolute Gasteiger partial charge is 0.407 e. The third-order valence-corrected chi connectivity index (χ3v) is 5.17. The molecule has 0 unspecified atom stereocenters. The van der Waals surface area contributed by atoms with Crippen molar-refractivity contribution in [3.8, 4) is 0 Å². The van der Waals surface area contributed by atoms with Crippen LogP contribution in [0.2, 0.25) is 0 Å². The number of carboxylic acid groups (broad SMARTS) is 1. The number of carbonyl (C=O) groups excluding carboxylic acids is 1. The summed E-state index contributed by atoms with van der Waals surface area (Å²) in [5, 5.41) is 10.8. The van der Waals surface area contributed by atoms with E-state index in [1.165, 1.54) is 0 Å². The van der Waals surface area contributed by atoms with E-state index in [0.717, 1.165) is 5.75 Å². The molecule has 0 aromatic rings. The average molecular weight is 265 g/mol. The van der Waals surface area contributed by atoms with E-state index >= 15 is 0 Å². The molecule has 1 aliphatic rings. The molecule has 1 saturated heterocycles. The van der Waals surface area contributed by atoms with Crippen LogP contribution in [0.4, 0.5) is 4.79 Å². The zero-order valence-corrected chi connectivity index (χ0v) is 10.8. The maximum absolute atomic E-state index is 11.1. The molecule has 5 nitrogen and oxygen atoms in total. The first-order valence-electron chi connectivity index (χ1n) is 4.83. The van der Waals surface area contributed by atoms with Gasteiger partial charge in [0.2, 0.25) is 0 Å². The molecular formula is C9H15NO4S2. The highest BCUT2D eigenvalue weighted by Gasteiger charge is 2.33. The zero-order chi connectivity index (χ0) is 12.2. The second-order valence-corrected chi connectivity index (χ2v) is 7.62. The summed E-state index contributed by atoms with van der Waals surface area (Å²) < 4.78 is 5.09. The normalized spacial score (nSPS) is 22.8. The van der Waals surface area contributed by atoms with Crippen molar-refractivity contribution in [3.05, 3.63) is 0 Å². The highest BCUT2D eigenvalue weighted by atomic mass is 32.2. The predicted molar refractivity (Wildman–Crippen MR) is 64.9 cm³/mol. The monoisotopic (exact) mass is 265 g/mol. The Kier molecular flexibility index (Phi) is 4.79. The summed E-state index contributed by atoms with van der Waals surface area (Å²) in [7, 11) is 0. The van der Waals surface area contributed by atoms with E-state index in [2.05, 4.69) is 19.2 Å². The molecule has 0 saturated carbocycles. The van der Waals surface area contributed by atoms with Gasteiger partial charge in [0.25, 0.3) is 0 Å². The van der Waals surface area contributed by atoms with Crippen LogP contribution in [0.5, 0.6) is 0 Å². The number of alkyl carbamates (subject to hydrolysis) is 1. The summed E-state index contributed by atoms with van der Waals surface area (Å²) in [6, 6.07) is 0. The van der Waals surface area contributed by atoms with E-state index in [0.29, 0.717) is 6.61 Å². The van der Waals surface area contributed by atoms with Crippen LogP contribution in [-0.2, 0) is 9.53 Å². The van der Waals surface area contributed by atoms with Crippen molar-refractivity contribution in [1.82, 2.24) is 5.32 Å². The minimum atomic E-state index is -1.08. The van der Waals surface area contributed by atoms with E-state index in [9.17, 15) is 9.59 Å². The van der Waals surface area contributed by atoms with Crippen molar-refractivity contribution in [2.24, 2.45) is 0 Å². The number of nitrogens with one attached hydrogen (secondary N) is 1. The summed E-state index contributed by atoms with van der Waals surface area (Å²) >= 11 is 3.61. The Balaban J connectivity index is 2.15. The molecule has 16 heavy (non-hydrogen) atoms. The van der Waals surface area contributed by atoms with Crippen LogP contribution >= 0.6 is 23.5 Å². The number of thioether (sulfide) groups is 2. The summed E-state index contributed by atoms with van der Waals surface area (Å²) in [6.45, 7) is 4.18. The Morgan fingerprint density at radius 3 is 2.75 bits per heavy atom. The number of aliphatic carboxylic acids is 1. The Bertz CT molecular complexity index is 283. The molecule has 1 rings (SSSR count). The SMILES string of the molecule is CC1(C)SC[C@H](COC(=O)NCC(=O)O)S1. The third kappa shape index (κ3) is 4.98. The molecule has 0 bridgehead atoms. The highest BCUT2D eigenvalue weighted by molar-refractivity contribution is 8.21. The van der Waals surface area contributed by atoms with Gasteiger partial charge in [-0.15, -0.1) is 23.5 Å². The molecule has 1 fully saturated rings. The average Bonchev–Trinajstić information content (AvgIpc) is 2.52. The van der Waals surface area contributed by atoms with Gasteiger partial charge in [0.05, 0.1) is 4.08 Å². The first-order valence-corrected chi connectivity index (χ1v) is 6.70. The van der Waals surface area contributed by atoms with Crippen molar-refractivity contribution < 1.29 is 19.4 Å². The van der Waals surface area contributed by atoms with Gasteiger partial charge in [-0.05, 0) is 13.8 Å². The van der Waals surface area contributed by atoms with Crippen LogP contribution in [-0.4, -0.2) is 45.4 Å². The second-order valence-electron chi connectivity index (χ2n) is 3.80. The van der Waals surface area contributed by atoms with Crippen molar-refractivity contribution in [2.45, 2.75) is 23.2 Å². The van der Waals surface area contributed by atoms with Crippen LogP contribution in [0.1, 0.15) is 13.8 Å². The van der Waals surface area contributed by atoms with Gasteiger partial charge in [-0.3, -0.25) is 4.79 Å². The molecular weight excluding hydrogens is 250 g/mol. The Morgan fingerprint density at radius 1 is 1.56 bits per heavy atom. The molecule has 0 radical (unpaired) electrons. The van der Waals surface area contributed by atoms with Crippen molar-refractivity contribution in [2.75, 3.05) is 18.9 Å². The topological polar surface area (TPSA) is 75.6 Å². The van der Waals surface area contributed by atoms with Crippen LogP contribution in [0.25, 0.3) is 0 Å². The van der Waals surface area contributed by atoms with Gasteiger partial charge < -0.3 is 15.2 Å². The lowest BCUT2D eigenvalue weighted by Gasteiger charge is -2.15. The lowest BCUT2D eigenvalue weighted by atomic mass is 10.5. The first kappa shape index (κ1) is 13.5. The fourth-order valence-corrected chi connectivity index (χ4v) is 4.20. The molecule has 1 aliphatic heterocycles. The number of carboxylic acids is 1. The molecule has 0 spiro atoms. The largest absolute Gasteiger partial charge is 0.480 e. The van der Waals surface area contributed by atoms with Crippen molar-refractivity contribution >= 4 is 35.6 Å². The molecule has 1 amide bonds. The Labute approximate surface area is 103 Å². The van der Waals surface area contributed by atoms with Gasteiger partial charge in [-0.25, -0.2) is 4.79 Å². The van der Waals surface area contributed by atoms with Gasteiger partial charge in [-0.2, -0.15) is 0 Å². The van der Waals surface area contributed by atoms with E-state index in [1.807, 2.05) is 11.8 Å². The van der Waals surface area contributed by atoms with Crippen LogP contribution in [0, 0.1) is 0 Å². The van der Waals surface area contributed by atoms with Crippen molar-refractivity contribution in [1.29, 1.82) is 0 Å². The molecule has 0 aromatic carbocycles. The maximum Gasteiger partial charge on any atom is 0.407 e. The van der Waals surface area contributed by atoms with Crippen LogP contribution in [0.15, 0.2) is 0 Å². The number of amides is 1. The summed E-state index contributed by atoms with van der Waals surface area (Å²) in [6.07, 6.45) is -0.669. The highest BCUT2D eigenvalue weighted by Crippen LogP contribution is 2.47. The van der Waals surface area contributed by atoms with E-state index in [1.54, 1.807) is 11.8 Å². The lowest BCUT2D eigenvalue weighted by Crippen LogP contribution is -2.31. The Morgan fingerprint density at radius 2 is 2.25 bits per heavy atom.